The lowest BCUT2D eigenvalue weighted by molar-refractivity contribution is -0.133. The standard InChI is InChI=1S/C11H11N5O2/c12-4-6-3-7(13)10(14-5-6)15-8-1-2-9(17)16-11(8)18/h3,5,8H,1-2,13H2,(H,14,15)(H,16,17,18). The quantitative estimate of drug-likeness (QED) is 0.618. The van der Waals surface area contributed by atoms with Crippen molar-refractivity contribution < 1.29 is 9.59 Å². The van der Waals surface area contributed by atoms with E-state index in [4.69, 9.17) is 11.0 Å². The van der Waals surface area contributed by atoms with Crippen LogP contribution in [0.2, 0.25) is 0 Å². The van der Waals surface area contributed by atoms with Crippen molar-refractivity contribution >= 4 is 23.3 Å². The van der Waals surface area contributed by atoms with Crippen LogP contribution in [0.5, 0.6) is 0 Å². The molecule has 0 bridgehead atoms. The van der Waals surface area contributed by atoms with E-state index in [0.717, 1.165) is 0 Å². The van der Waals surface area contributed by atoms with Crippen molar-refractivity contribution in [1.82, 2.24) is 10.3 Å². The largest absolute Gasteiger partial charge is 0.396 e. The minimum atomic E-state index is -0.537. The zero-order valence-electron chi connectivity index (χ0n) is 9.43. The molecule has 1 aromatic heterocycles. The molecule has 1 atom stereocenters. The molecule has 7 heteroatoms. The minimum Gasteiger partial charge on any atom is -0.396 e. The smallest absolute Gasteiger partial charge is 0.249 e. The van der Waals surface area contributed by atoms with Crippen LogP contribution in [0.3, 0.4) is 0 Å². The molecule has 4 N–H and O–H groups in total. The van der Waals surface area contributed by atoms with Gasteiger partial charge in [0, 0.05) is 12.6 Å². The molecular weight excluding hydrogens is 234 g/mol. The Morgan fingerprint density at radius 3 is 2.94 bits per heavy atom. The predicted octanol–water partition coefficient (Wildman–Crippen LogP) is -0.247. The molecule has 1 aliphatic heterocycles. The van der Waals surface area contributed by atoms with E-state index in [-0.39, 0.29) is 12.3 Å². The van der Waals surface area contributed by atoms with E-state index in [9.17, 15) is 9.59 Å². The van der Waals surface area contributed by atoms with Crippen molar-refractivity contribution in [3.05, 3.63) is 17.8 Å². The maximum Gasteiger partial charge on any atom is 0.249 e. The van der Waals surface area contributed by atoms with E-state index in [0.29, 0.717) is 23.5 Å². The van der Waals surface area contributed by atoms with Gasteiger partial charge in [-0.3, -0.25) is 14.9 Å². The molecule has 0 aliphatic carbocycles. The highest BCUT2D eigenvalue weighted by atomic mass is 16.2. The lowest BCUT2D eigenvalue weighted by Crippen LogP contribution is -2.47. The summed E-state index contributed by atoms with van der Waals surface area (Å²) in [5.41, 5.74) is 6.35. The van der Waals surface area contributed by atoms with Gasteiger partial charge in [-0.1, -0.05) is 0 Å². The molecular formula is C11H11N5O2. The Morgan fingerprint density at radius 1 is 1.56 bits per heavy atom. The van der Waals surface area contributed by atoms with E-state index < -0.39 is 11.9 Å². The van der Waals surface area contributed by atoms with Crippen molar-refractivity contribution in [2.45, 2.75) is 18.9 Å². The predicted molar refractivity (Wildman–Crippen MR) is 63.2 cm³/mol. The summed E-state index contributed by atoms with van der Waals surface area (Å²) in [5.74, 6) is -0.334. The number of imide groups is 1. The fraction of sp³-hybridized carbons (Fsp3) is 0.273. The second kappa shape index (κ2) is 4.71. The summed E-state index contributed by atoms with van der Waals surface area (Å²) in [7, 11) is 0. The number of carbonyl (C=O) groups is 2. The lowest BCUT2D eigenvalue weighted by Gasteiger charge is -2.22. The van der Waals surface area contributed by atoms with Gasteiger partial charge in [-0.2, -0.15) is 5.26 Å². The van der Waals surface area contributed by atoms with Gasteiger partial charge in [0.2, 0.25) is 11.8 Å². The first-order valence-corrected chi connectivity index (χ1v) is 5.36. The first-order valence-electron chi connectivity index (χ1n) is 5.36. The summed E-state index contributed by atoms with van der Waals surface area (Å²) in [5, 5.41) is 13.8. The van der Waals surface area contributed by atoms with Crippen LogP contribution in [0.1, 0.15) is 18.4 Å². The van der Waals surface area contributed by atoms with Crippen LogP contribution in [0, 0.1) is 11.3 Å². The fourth-order valence-electron chi connectivity index (χ4n) is 1.66. The topological polar surface area (TPSA) is 121 Å². The van der Waals surface area contributed by atoms with Crippen molar-refractivity contribution in [3.63, 3.8) is 0 Å². The average molecular weight is 245 g/mol. The number of piperidine rings is 1. The summed E-state index contributed by atoms with van der Waals surface area (Å²) in [4.78, 5) is 26.5. The number of nitrogens with two attached hydrogens (primary N) is 1. The second-order valence-electron chi connectivity index (χ2n) is 3.92. The van der Waals surface area contributed by atoms with Gasteiger partial charge in [-0.25, -0.2) is 4.98 Å². The highest BCUT2D eigenvalue weighted by Gasteiger charge is 2.27. The zero-order chi connectivity index (χ0) is 13.1. The summed E-state index contributed by atoms with van der Waals surface area (Å²) < 4.78 is 0. The average Bonchev–Trinajstić information content (AvgIpc) is 2.34. The number of anilines is 2. The van der Waals surface area contributed by atoms with Crippen molar-refractivity contribution in [1.29, 1.82) is 5.26 Å². The molecule has 92 valence electrons. The normalized spacial score (nSPS) is 18.9. The number of amides is 2. The Morgan fingerprint density at radius 2 is 2.33 bits per heavy atom. The van der Waals surface area contributed by atoms with Crippen LogP contribution in [-0.4, -0.2) is 22.8 Å². The van der Waals surface area contributed by atoms with Gasteiger partial charge in [-0.05, 0) is 12.5 Å². The molecule has 1 fully saturated rings. The van der Waals surface area contributed by atoms with Crippen LogP contribution in [0.25, 0.3) is 0 Å². The zero-order valence-corrected chi connectivity index (χ0v) is 9.43. The highest BCUT2D eigenvalue weighted by molar-refractivity contribution is 6.01. The number of hydrogen-bond acceptors (Lipinski definition) is 6. The van der Waals surface area contributed by atoms with Gasteiger partial charge in [0.25, 0.3) is 0 Å². The number of rotatable bonds is 2. The number of nitriles is 1. The number of nitrogen functional groups attached to an aromatic ring is 1. The molecule has 2 heterocycles. The molecule has 1 saturated heterocycles. The second-order valence-corrected chi connectivity index (χ2v) is 3.92. The summed E-state index contributed by atoms with van der Waals surface area (Å²) in [6.45, 7) is 0. The van der Waals surface area contributed by atoms with Crippen molar-refractivity contribution in [2.75, 3.05) is 11.1 Å². The molecule has 0 radical (unpaired) electrons. The van der Waals surface area contributed by atoms with E-state index in [1.807, 2.05) is 6.07 Å². The van der Waals surface area contributed by atoms with E-state index in [1.54, 1.807) is 0 Å². The van der Waals surface area contributed by atoms with Crippen molar-refractivity contribution in [3.8, 4) is 6.07 Å². The first kappa shape index (κ1) is 11.9. The molecule has 7 nitrogen and oxygen atoms in total. The van der Waals surface area contributed by atoms with E-state index in [1.165, 1.54) is 12.3 Å². The maximum absolute atomic E-state index is 11.5. The Balaban J connectivity index is 2.12. The van der Waals surface area contributed by atoms with Crippen molar-refractivity contribution in [2.24, 2.45) is 0 Å². The summed E-state index contributed by atoms with van der Waals surface area (Å²) in [6, 6.07) is 2.86. The number of carbonyl (C=O) groups excluding carboxylic acids is 2. The van der Waals surface area contributed by atoms with Gasteiger partial charge in [0.1, 0.15) is 17.9 Å². The third kappa shape index (κ3) is 2.38. The maximum atomic E-state index is 11.5. The van der Waals surface area contributed by atoms with Gasteiger partial charge in [0.05, 0.1) is 11.3 Å². The number of nitrogens with zero attached hydrogens (tertiary/aromatic N) is 2. The van der Waals surface area contributed by atoms with Gasteiger partial charge in [0.15, 0.2) is 0 Å². The highest BCUT2D eigenvalue weighted by Crippen LogP contribution is 2.19. The molecule has 0 spiro atoms. The third-order valence-corrected chi connectivity index (χ3v) is 2.60. The van der Waals surface area contributed by atoms with E-state index in [2.05, 4.69) is 15.6 Å². The van der Waals surface area contributed by atoms with Gasteiger partial charge >= 0.3 is 0 Å². The Kier molecular flexibility index (Phi) is 3.10. The molecule has 2 amide bonds. The minimum absolute atomic E-state index is 0.277. The van der Waals surface area contributed by atoms with Crippen LogP contribution in [-0.2, 0) is 9.59 Å². The number of pyridine rings is 1. The molecule has 0 saturated carbocycles. The Bertz CT molecular complexity index is 549. The SMILES string of the molecule is N#Cc1cnc(NC2CCC(=O)NC2=O)c(N)c1. The Hall–Kier alpha value is -2.62. The molecule has 1 unspecified atom stereocenters. The van der Waals surface area contributed by atoms with Crippen LogP contribution < -0.4 is 16.4 Å². The first-order chi connectivity index (χ1) is 8.60. The Labute approximate surface area is 103 Å². The molecule has 1 aromatic rings. The van der Waals surface area contributed by atoms with Crippen LogP contribution in [0.15, 0.2) is 12.3 Å². The van der Waals surface area contributed by atoms with E-state index >= 15 is 0 Å². The van der Waals surface area contributed by atoms with Crippen LogP contribution >= 0.6 is 0 Å². The summed E-state index contributed by atoms with van der Waals surface area (Å²) >= 11 is 0. The fourth-order valence-corrected chi connectivity index (χ4v) is 1.66. The molecule has 2 rings (SSSR count). The molecule has 1 aliphatic rings. The number of hydrogen-bond donors (Lipinski definition) is 3. The monoisotopic (exact) mass is 245 g/mol. The number of aromatic nitrogens is 1. The van der Waals surface area contributed by atoms with Gasteiger partial charge < -0.3 is 11.1 Å². The van der Waals surface area contributed by atoms with Gasteiger partial charge in [-0.15, -0.1) is 0 Å². The molecule has 18 heavy (non-hydrogen) atoms. The van der Waals surface area contributed by atoms with Crippen LogP contribution in [0.4, 0.5) is 11.5 Å². The lowest BCUT2D eigenvalue weighted by atomic mass is 10.1. The molecule has 0 aromatic carbocycles. The number of nitrogens with one attached hydrogen (secondary N) is 2. The third-order valence-electron chi connectivity index (χ3n) is 2.60. The summed E-state index contributed by atoms with van der Waals surface area (Å²) in [6.07, 6.45) is 2.04.